The van der Waals surface area contributed by atoms with Gasteiger partial charge in [-0.1, -0.05) is 20.8 Å². The zero-order chi connectivity index (χ0) is 13.7. The normalized spacial score (nSPS) is 12.4. The predicted molar refractivity (Wildman–Crippen MR) is 78.1 cm³/mol. The smallest absolute Gasteiger partial charge is 0.140 e. The molecular weight excluding hydrogens is 220 g/mol. The number of hydrogen-bond acceptors (Lipinski definition) is 1. The molecule has 0 saturated carbocycles. The highest BCUT2D eigenvalue weighted by atomic mass is 15.0. The highest BCUT2D eigenvalue weighted by molar-refractivity contribution is 5.85. The summed E-state index contributed by atoms with van der Waals surface area (Å²) in [6, 6.07) is 2.18. The van der Waals surface area contributed by atoms with E-state index in [4.69, 9.17) is 4.98 Å². The van der Waals surface area contributed by atoms with Crippen LogP contribution in [-0.4, -0.2) is 9.55 Å². The van der Waals surface area contributed by atoms with E-state index in [-0.39, 0.29) is 0 Å². The second kappa shape index (κ2) is 4.11. The number of aryl methyl sites for hydroxylation is 4. The minimum atomic E-state index is 0.301. The highest BCUT2D eigenvalue weighted by Gasteiger charge is 2.20. The second-order valence-corrected chi connectivity index (χ2v) is 6.65. The van der Waals surface area contributed by atoms with Crippen LogP contribution in [0.5, 0.6) is 0 Å². The predicted octanol–water partition coefficient (Wildman–Crippen LogP) is 4.09. The molecule has 2 nitrogen and oxygen atoms in total. The van der Waals surface area contributed by atoms with Crippen molar-refractivity contribution in [1.29, 1.82) is 0 Å². The molecule has 0 aromatic carbocycles. The van der Waals surface area contributed by atoms with Crippen LogP contribution in [0.25, 0.3) is 11.0 Å². The van der Waals surface area contributed by atoms with Crippen molar-refractivity contribution in [1.82, 2.24) is 9.55 Å². The van der Waals surface area contributed by atoms with Crippen molar-refractivity contribution in [2.75, 3.05) is 0 Å². The van der Waals surface area contributed by atoms with Crippen molar-refractivity contribution in [2.24, 2.45) is 12.5 Å². The van der Waals surface area contributed by atoms with Gasteiger partial charge in [-0.3, -0.25) is 0 Å². The summed E-state index contributed by atoms with van der Waals surface area (Å²) < 4.78 is 2.27. The molecule has 0 aliphatic carbocycles. The monoisotopic (exact) mass is 244 g/mol. The van der Waals surface area contributed by atoms with Crippen molar-refractivity contribution in [3.05, 3.63) is 28.6 Å². The standard InChI is InChI=1S/C16H24N2/c1-10-8-11(2)17-15-14(10)12(3)13(18(15)7)9-16(4,5)6/h8H,9H2,1-7H3. The number of rotatable bonds is 1. The summed E-state index contributed by atoms with van der Waals surface area (Å²) >= 11 is 0. The SMILES string of the molecule is Cc1cc(C)c2c(C)c(CC(C)(C)C)n(C)c2n1. The van der Waals surface area contributed by atoms with Gasteiger partial charge in [0.25, 0.3) is 0 Å². The zero-order valence-corrected chi connectivity index (χ0v) is 12.7. The molecule has 2 heterocycles. The van der Waals surface area contributed by atoms with Gasteiger partial charge in [-0.15, -0.1) is 0 Å². The van der Waals surface area contributed by atoms with Crippen LogP contribution in [0.1, 0.15) is 43.3 Å². The maximum Gasteiger partial charge on any atom is 0.140 e. The van der Waals surface area contributed by atoms with Crippen LogP contribution in [0.2, 0.25) is 0 Å². The van der Waals surface area contributed by atoms with E-state index in [2.05, 4.69) is 59.2 Å². The van der Waals surface area contributed by atoms with Gasteiger partial charge in [0.1, 0.15) is 5.65 Å². The summed E-state index contributed by atoms with van der Waals surface area (Å²) in [4.78, 5) is 4.71. The lowest BCUT2D eigenvalue weighted by Crippen LogP contribution is -2.13. The quantitative estimate of drug-likeness (QED) is 0.739. The Morgan fingerprint density at radius 1 is 1.17 bits per heavy atom. The average molecular weight is 244 g/mol. The van der Waals surface area contributed by atoms with Crippen LogP contribution in [0.15, 0.2) is 6.07 Å². The number of nitrogens with zero attached hydrogens (tertiary/aromatic N) is 2. The Bertz CT molecular complexity index is 598. The summed E-state index contributed by atoms with van der Waals surface area (Å²) in [5, 5.41) is 1.34. The van der Waals surface area contributed by atoms with E-state index in [1.165, 1.54) is 22.2 Å². The average Bonchev–Trinajstić information content (AvgIpc) is 2.41. The van der Waals surface area contributed by atoms with E-state index in [1.807, 2.05) is 0 Å². The van der Waals surface area contributed by atoms with Crippen molar-refractivity contribution >= 4 is 11.0 Å². The second-order valence-electron chi connectivity index (χ2n) is 6.65. The van der Waals surface area contributed by atoms with Gasteiger partial charge >= 0.3 is 0 Å². The molecule has 0 bridgehead atoms. The number of hydrogen-bond donors (Lipinski definition) is 0. The molecule has 0 amide bonds. The third kappa shape index (κ3) is 2.16. The van der Waals surface area contributed by atoms with Crippen molar-refractivity contribution in [3.8, 4) is 0 Å². The van der Waals surface area contributed by atoms with E-state index >= 15 is 0 Å². The first kappa shape index (κ1) is 13.1. The lowest BCUT2D eigenvalue weighted by molar-refractivity contribution is 0.401. The minimum Gasteiger partial charge on any atom is -0.332 e. The van der Waals surface area contributed by atoms with Crippen LogP contribution < -0.4 is 0 Å². The molecule has 2 aromatic heterocycles. The lowest BCUT2D eigenvalue weighted by Gasteiger charge is -2.19. The summed E-state index contributed by atoms with van der Waals surface area (Å²) in [5.74, 6) is 0. The van der Waals surface area contributed by atoms with E-state index < -0.39 is 0 Å². The van der Waals surface area contributed by atoms with Crippen LogP contribution in [0, 0.1) is 26.2 Å². The molecule has 18 heavy (non-hydrogen) atoms. The number of fused-ring (bicyclic) bond motifs is 1. The third-order valence-corrected chi connectivity index (χ3v) is 3.55. The van der Waals surface area contributed by atoms with E-state index in [1.54, 1.807) is 0 Å². The van der Waals surface area contributed by atoms with Crippen molar-refractivity contribution in [3.63, 3.8) is 0 Å². The lowest BCUT2D eigenvalue weighted by atomic mass is 9.89. The molecule has 2 heteroatoms. The Morgan fingerprint density at radius 3 is 2.33 bits per heavy atom. The van der Waals surface area contributed by atoms with Gasteiger partial charge in [0.15, 0.2) is 0 Å². The zero-order valence-electron chi connectivity index (χ0n) is 12.7. The van der Waals surface area contributed by atoms with E-state index in [9.17, 15) is 0 Å². The summed E-state index contributed by atoms with van der Waals surface area (Å²) in [6.07, 6.45) is 1.09. The molecule has 2 rings (SSSR count). The van der Waals surface area contributed by atoms with E-state index in [0.29, 0.717) is 5.41 Å². The molecule has 0 unspecified atom stereocenters. The fraction of sp³-hybridized carbons (Fsp3) is 0.562. The summed E-state index contributed by atoms with van der Waals surface area (Å²) in [6.45, 7) is 13.3. The number of pyridine rings is 1. The first-order valence-electron chi connectivity index (χ1n) is 6.63. The molecule has 98 valence electrons. The van der Waals surface area contributed by atoms with Crippen molar-refractivity contribution < 1.29 is 0 Å². The molecule has 2 aromatic rings. The number of aromatic nitrogens is 2. The first-order valence-corrected chi connectivity index (χ1v) is 6.63. The van der Waals surface area contributed by atoms with Crippen molar-refractivity contribution in [2.45, 2.75) is 48.0 Å². The maximum absolute atomic E-state index is 4.71. The summed E-state index contributed by atoms with van der Waals surface area (Å²) in [7, 11) is 2.14. The van der Waals surface area contributed by atoms with Crippen LogP contribution in [0.4, 0.5) is 0 Å². The van der Waals surface area contributed by atoms with Gasteiger partial charge in [-0.05, 0) is 49.8 Å². The van der Waals surface area contributed by atoms with Gasteiger partial charge in [-0.25, -0.2) is 4.98 Å². The van der Waals surface area contributed by atoms with Gasteiger partial charge in [0, 0.05) is 23.8 Å². The van der Waals surface area contributed by atoms with Crippen LogP contribution in [-0.2, 0) is 13.5 Å². The highest BCUT2D eigenvalue weighted by Crippen LogP contribution is 2.31. The third-order valence-electron chi connectivity index (χ3n) is 3.55. The molecular formula is C16H24N2. The fourth-order valence-corrected chi connectivity index (χ4v) is 2.80. The fourth-order valence-electron chi connectivity index (χ4n) is 2.80. The van der Waals surface area contributed by atoms with Gasteiger partial charge in [0.2, 0.25) is 0 Å². The Labute approximate surface area is 110 Å². The van der Waals surface area contributed by atoms with Crippen LogP contribution >= 0.6 is 0 Å². The van der Waals surface area contributed by atoms with E-state index in [0.717, 1.165) is 17.8 Å². The molecule has 0 saturated heterocycles. The Morgan fingerprint density at radius 2 is 1.78 bits per heavy atom. The van der Waals surface area contributed by atoms with Crippen LogP contribution in [0.3, 0.4) is 0 Å². The molecule has 0 radical (unpaired) electrons. The topological polar surface area (TPSA) is 17.8 Å². The molecule has 0 spiro atoms. The maximum atomic E-state index is 4.71. The van der Waals surface area contributed by atoms with Gasteiger partial charge in [-0.2, -0.15) is 0 Å². The van der Waals surface area contributed by atoms with Gasteiger partial charge in [0.05, 0.1) is 0 Å². The molecule has 0 N–H and O–H groups in total. The largest absolute Gasteiger partial charge is 0.332 e. The Balaban J connectivity index is 2.73. The Kier molecular flexibility index (Phi) is 3.00. The molecule has 0 aliphatic rings. The minimum absolute atomic E-state index is 0.301. The molecule has 0 atom stereocenters. The first-order chi connectivity index (χ1) is 8.20. The summed E-state index contributed by atoms with van der Waals surface area (Å²) in [5.41, 5.74) is 6.68. The molecule has 0 aliphatic heterocycles. The van der Waals surface area contributed by atoms with Gasteiger partial charge < -0.3 is 4.57 Å². The Hall–Kier alpha value is -1.31. The molecule has 0 fully saturated rings.